The van der Waals surface area contributed by atoms with Gasteiger partial charge in [0.15, 0.2) is 0 Å². The molecule has 0 saturated heterocycles. The van der Waals surface area contributed by atoms with Gasteiger partial charge in [0.05, 0.1) is 5.69 Å². The summed E-state index contributed by atoms with van der Waals surface area (Å²) in [6.07, 6.45) is 8.57. The summed E-state index contributed by atoms with van der Waals surface area (Å²) in [6.45, 7) is 7.65. The van der Waals surface area contributed by atoms with E-state index in [0.29, 0.717) is 11.6 Å². The van der Waals surface area contributed by atoms with Crippen LogP contribution in [0.2, 0.25) is 0 Å². The molecule has 0 spiro atoms. The maximum absolute atomic E-state index is 4.63. The molecule has 96 valence electrons. The van der Waals surface area contributed by atoms with Crippen molar-refractivity contribution in [1.29, 1.82) is 0 Å². The van der Waals surface area contributed by atoms with Crippen molar-refractivity contribution in [2.24, 2.45) is 0 Å². The summed E-state index contributed by atoms with van der Waals surface area (Å²) < 4.78 is 2.08. The number of nitrogens with one attached hydrogen (secondary N) is 1. The molecule has 1 saturated carbocycles. The number of nitrogens with zero attached hydrogens (tertiary/aromatic N) is 2. The highest BCUT2D eigenvalue weighted by molar-refractivity contribution is 5.01. The summed E-state index contributed by atoms with van der Waals surface area (Å²) in [5, 5.41) is 8.30. The molecule has 17 heavy (non-hydrogen) atoms. The van der Waals surface area contributed by atoms with E-state index in [-0.39, 0.29) is 0 Å². The second-order valence-corrected chi connectivity index (χ2v) is 5.67. The number of aromatic nitrogens is 2. The maximum atomic E-state index is 4.63. The van der Waals surface area contributed by atoms with Crippen LogP contribution in [-0.2, 0) is 6.54 Å². The van der Waals surface area contributed by atoms with Crippen LogP contribution in [0.4, 0.5) is 0 Å². The van der Waals surface area contributed by atoms with E-state index in [2.05, 4.69) is 48.1 Å². The molecule has 1 aromatic rings. The smallest absolute Gasteiger partial charge is 0.0762 e. The van der Waals surface area contributed by atoms with Crippen molar-refractivity contribution >= 4 is 0 Å². The molecule has 0 bridgehead atoms. The second-order valence-electron chi connectivity index (χ2n) is 5.67. The predicted octanol–water partition coefficient (Wildman–Crippen LogP) is 3.28. The molecule has 0 amide bonds. The van der Waals surface area contributed by atoms with E-state index in [1.807, 2.05) is 0 Å². The van der Waals surface area contributed by atoms with Gasteiger partial charge in [-0.15, -0.1) is 0 Å². The van der Waals surface area contributed by atoms with Crippen molar-refractivity contribution in [3.05, 3.63) is 18.0 Å². The Kier molecular flexibility index (Phi) is 3.87. The van der Waals surface area contributed by atoms with Gasteiger partial charge in [-0.3, -0.25) is 4.68 Å². The molecule has 1 N–H and O–H groups in total. The minimum atomic E-state index is 0.347. The molecule has 0 aliphatic heterocycles. The fourth-order valence-corrected chi connectivity index (χ4v) is 2.54. The Balaban J connectivity index is 1.88. The normalized spacial score (nSPS) is 20.6. The van der Waals surface area contributed by atoms with Crippen molar-refractivity contribution in [3.63, 3.8) is 0 Å². The Labute approximate surface area is 105 Å². The summed E-state index contributed by atoms with van der Waals surface area (Å²) >= 11 is 0. The first-order chi connectivity index (χ1) is 8.13. The van der Waals surface area contributed by atoms with Gasteiger partial charge in [0.25, 0.3) is 0 Å². The van der Waals surface area contributed by atoms with Gasteiger partial charge in [-0.2, -0.15) is 5.10 Å². The van der Waals surface area contributed by atoms with Crippen molar-refractivity contribution < 1.29 is 0 Å². The third-order valence-electron chi connectivity index (χ3n) is 4.11. The lowest BCUT2D eigenvalue weighted by Gasteiger charge is -2.24. The third kappa shape index (κ3) is 3.09. The summed E-state index contributed by atoms with van der Waals surface area (Å²) in [4.78, 5) is 0. The van der Waals surface area contributed by atoms with Gasteiger partial charge in [0.1, 0.15) is 0 Å². The van der Waals surface area contributed by atoms with Crippen molar-refractivity contribution in [3.8, 4) is 0 Å². The van der Waals surface area contributed by atoms with E-state index >= 15 is 0 Å². The van der Waals surface area contributed by atoms with Gasteiger partial charge in [0, 0.05) is 24.3 Å². The van der Waals surface area contributed by atoms with E-state index in [1.165, 1.54) is 31.4 Å². The topological polar surface area (TPSA) is 29.9 Å². The highest BCUT2D eigenvalue weighted by Crippen LogP contribution is 2.29. The molecule has 0 aromatic carbocycles. The standard InChI is InChI=1S/C14H25N3/c1-4-12(2)17-10-7-13(16-17)11-15-14(3)8-5-6-9-14/h7,10,12,15H,4-6,8-9,11H2,1-3H3. The number of hydrogen-bond donors (Lipinski definition) is 1. The minimum Gasteiger partial charge on any atom is -0.306 e. The molecule has 1 aliphatic carbocycles. The van der Waals surface area contributed by atoms with Crippen LogP contribution in [-0.4, -0.2) is 15.3 Å². The van der Waals surface area contributed by atoms with Crippen molar-refractivity contribution in [2.45, 2.75) is 71.0 Å². The van der Waals surface area contributed by atoms with E-state index in [1.54, 1.807) is 0 Å². The second kappa shape index (κ2) is 5.21. The first kappa shape index (κ1) is 12.6. The summed E-state index contributed by atoms with van der Waals surface area (Å²) in [7, 11) is 0. The van der Waals surface area contributed by atoms with E-state index < -0.39 is 0 Å². The molecule has 1 unspecified atom stereocenters. The van der Waals surface area contributed by atoms with Crippen LogP contribution < -0.4 is 5.32 Å². The SMILES string of the molecule is CCC(C)n1ccc(CNC2(C)CCCC2)n1. The maximum Gasteiger partial charge on any atom is 0.0762 e. The van der Waals surface area contributed by atoms with Crippen LogP contribution in [0.25, 0.3) is 0 Å². The first-order valence-electron chi connectivity index (χ1n) is 6.92. The van der Waals surface area contributed by atoms with Crippen LogP contribution in [0.1, 0.15) is 64.6 Å². The molecule has 0 radical (unpaired) electrons. The lowest BCUT2D eigenvalue weighted by molar-refractivity contribution is 0.358. The fraction of sp³-hybridized carbons (Fsp3) is 0.786. The van der Waals surface area contributed by atoms with Gasteiger partial charge in [-0.25, -0.2) is 0 Å². The number of hydrogen-bond acceptors (Lipinski definition) is 2. The molecule has 1 heterocycles. The van der Waals surface area contributed by atoms with Crippen LogP contribution in [0.3, 0.4) is 0 Å². The zero-order chi connectivity index (χ0) is 12.3. The molecule has 1 atom stereocenters. The highest BCUT2D eigenvalue weighted by Gasteiger charge is 2.27. The fourth-order valence-electron chi connectivity index (χ4n) is 2.54. The zero-order valence-electron chi connectivity index (χ0n) is 11.4. The lowest BCUT2D eigenvalue weighted by Crippen LogP contribution is -2.38. The predicted molar refractivity (Wildman–Crippen MR) is 70.9 cm³/mol. The zero-order valence-corrected chi connectivity index (χ0v) is 11.4. The lowest BCUT2D eigenvalue weighted by atomic mass is 10.0. The van der Waals surface area contributed by atoms with Gasteiger partial charge < -0.3 is 5.32 Å². The molecule has 1 fully saturated rings. The molecule has 2 rings (SSSR count). The van der Waals surface area contributed by atoms with Crippen molar-refractivity contribution in [2.75, 3.05) is 0 Å². The average Bonchev–Trinajstić information content (AvgIpc) is 2.95. The van der Waals surface area contributed by atoms with Gasteiger partial charge in [-0.1, -0.05) is 19.8 Å². The molecular formula is C14H25N3. The number of rotatable bonds is 5. The van der Waals surface area contributed by atoms with E-state index in [9.17, 15) is 0 Å². The Morgan fingerprint density at radius 2 is 2.18 bits per heavy atom. The van der Waals surface area contributed by atoms with E-state index in [0.717, 1.165) is 13.0 Å². The largest absolute Gasteiger partial charge is 0.306 e. The quantitative estimate of drug-likeness (QED) is 0.849. The van der Waals surface area contributed by atoms with Gasteiger partial charge in [0.2, 0.25) is 0 Å². The Bertz CT molecular complexity index is 350. The first-order valence-corrected chi connectivity index (χ1v) is 6.92. The third-order valence-corrected chi connectivity index (χ3v) is 4.11. The monoisotopic (exact) mass is 235 g/mol. The summed E-state index contributed by atoms with van der Waals surface area (Å²) in [6, 6.07) is 2.64. The van der Waals surface area contributed by atoms with Gasteiger partial charge >= 0.3 is 0 Å². The summed E-state index contributed by atoms with van der Waals surface area (Å²) in [5.41, 5.74) is 1.51. The Morgan fingerprint density at radius 3 is 2.82 bits per heavy atom. The molecule has 1 aromatic heterocycles. The van der Waals surface area contributed by atoms with Crippen LogP contribution in [0, 0.1) is 0 Å². The molecule has 1 aliphatic rings. The average molecular weight is 235 g/mol. The van der Waals surface area contributed by atoms with Crippen molar-refractivity contribution in [1.82, 2.24) is 15.1 Å². The summed E-state index contributed by atoms with van der Waals surface area (Å²) in [5.74, 6) is 0. The Morgan fingerprint density at radius 1 is 1.47 bits per heavy atom. The van der Waals surface area contributed by atoms with E-state index in [4.69, 9.17) is 0 Å². The van der Waals surface area contributed by atoms with Gasteiger partial charge in [-0.05, 0) is 39.2 Å². The molecule has 3 heteroatoms. The Hall–Kier alpha value is -0.830. The van der Waals surface area contributed by atoms with Crippen LogP contribution in [0.5, 0.6) is 0 Å². The van der Waals surface area contributed by atoms with Crippen LogP contribution >= 0.6 is 0 Å². The minimum absolute atomic E-state index is 0.347. The highest BCUT2D eigenvalue weighted by atomic mass is 15.3. The van der Waals surface area contributed by atoms with Crippen LogP contribution in [0.15, 0.2) is 12.3 Å². The molecule has 3 nitrogen and oxygen atoms in total. The molecular weight excluding hydrogens is 210 g/mol.